The number of esters is 1. The highest BCUT2D eigenvalue weighted by molar-refractivity contribution is 5.92. The van der Waals surface area contributed by atoms with Crippen LogP contribution in [0.2, 0.25) is 0 Å². The Labute approximate surface area is 274 Å². The van der Waals surface area contributed by atoms with Gasteiger partial charge in [-0.15, -0.1) is 0 Å². The summed E-state index contributed by atoms with van der Waals surface area (Å²) in [5.74, 6) is -0.306. The minimum atomic E-state index is -0.306. The Morgan fingerprint density at radius 3 is 1.76 bits per heavy atom. The number of hydrogen-bond acceptors (Lipinski definition) is 3. The van der Waals surface area contributed by atoms with Gasteiger partial charge in [0.05, 0.1) is 6.61 Å². The van der Waals surface area contributed by atoms with Gasteiger partial charge in [0.15, 0.2) is 0 Å². The van der Waals surface area contributed by atoms with Crippen LogP contribution in [0.25, 0.3) is 11.6 Å². The van der Waals surface area contributed by atoms with Crippen LogP contribution in [0.4, 0.5) is 17.1 Å². The average molecular weight is 606 g/mol. The first kappa shape index (κ1) is 32.2. The van der Waals surface area contributed by atoms with Crippen molar-refractivity contribution in [3.05, 3.63) is 173 Å². The fraction of sp³-hybridized carbons (Fsp3) is 0.186. The summed E-state index contributed by atoms with van der Waals surface area (Å²) in [5, 5.41) is 0. The molecule has 46 heavy (non-hydrogen) atoms. The molecule has 232 valence electrons. The van der Waals surface area contributed by atoms with Crippen molar-refractivity contribution in [2.24, 2.45) is 0 Å². The van der Waals surface area contributed by atoms with Gasteiger partial charge in [-0.25, -0.2) is 4.79 Å². The highest BCUT2D eigenvalue weighted by Gasteiger charge is 2.13. The molecule has 3 nitrogen and oxygen atoms in total. The summed E-state index contributed by atoms with van der Waals surface area (Å²) < 4.78 is 5.21. The van der Waals surface area contributed by atoms with E-state index in [9.17, 15) is 4.79 Å². The topological polar surface area (TPSA) is 29.5 Å². The molecular formula is C43H43NO2. The maximum atomic E-state index is 11.6. The van der Waals surface area contributed by atoms with Gasteiger partial charge in [0, 0.05) is 22.6 Å². The van der Waals surface area contributed by atoms with Gasteiger partial charge in [-0.05, 0) is 117 Å². The third-order valence-electron chi connectivity index (χ3n) is 8.09. The molecule has 5 aromatic carbocycles. The lowest BCUT2D eigenvalue weighted by atomic mass is 9.95. The van der Waals surface area contributed by atoms with Crippen molar-refractivity contribution in [2.75, 3.05) is 11.5 Å². The molecule has 0 bridgehead atoms. The number of benzene rings is 5. The van der Waals surface area contributed by atoms with Crippen LogP contribution < -0.4 is 4.90 Å². The van der Waals surface area contributed by atoms with Gasteiger partial charge >= 0.3 is 5.97 Å². The molecule has 0 radical (unpaired) electrons. The van der Waals surface area contributed by atoms with Crippen LogP contribution in [0.5, 0.6) is 0 Å². The number of nitrogens with zero attached hydrogens (tertiary/aromatic N) is 1. The smallest absolute Gasteiger partial charge is 0.333 e. The minimum Gasteiger partial charge on any atom is -0.462 e. The lowest BCUT2D eigenvalue weighted by molar-refractivity contribution is -0.139. The maximum absolute atomic E-state index is 11.6. The molecule has 0 fully saturated rings. The van der Waals surface area contributed by atoms with E-state index >= 15 is 0 Å². The average Bonchev–Trinajstić information content (AvgIpc) is 3.08. The maximum Gasteiger partial charge on any atom is 0.333 e. The minimum absolute atomic E-state index is 0.306. The van der Waals surface area contributed by atoms with Crippen molar-refractivity contribution in [3.63, 3.8) is 0 Å². The zero-order valence-corrected chi connectivity index (χ0v) is 27.2. The SMILES string of the molecule is C=C(C)C(=O)OCCCCCc1ccc(N(c2ccc(C)cc2)c2ccc(/C=C(\c3ccccc3)c3ccc(C)cc3)cc2)cc1. The van der Waals surface area contributed by atoms with Crippen LogP contribution in [-0.4, -0.2) is 12.6 Å². The quantitative estimate of drug-likeness (QED) is 0.0579. The first-order valence-electron chi connectivity index (χ1n) is 16.1. The largest absolute Gasteiger partial charge is 0.462 e. The molecule has 0 saturated carbocycles. The van der Waals surface area contributed by atoms with E-state index in [2.05, 4.69) is 159 Å². The van der Waals surface area contributed by atoms with Crippen molar-refractivity contribution in [1.29, 1.82) is 0 Å². The van der Waals surface area contributed by atoms with E-state index in [1.165, 1.54) is 33.4 Å². The van der Waals surface area contributed by atoms with Crippen LogP contribution in [-0.2, 0) is 16.0 Å². The summed E-state index contributed by atoms with van der Waals surface area (Å²) in [4.78, 5) is 13.9. The Kier molecular flexibility index (Phi) is 11.0. The molecule has 0 N–H and O–H groups in total. The summed E-state index contributed by atoms with van der Waals surface area (Å²) in [5.41, 5.74) is 12.3. The molecule has 0 aliphatic carbocycles. The number of rotatable bonds is 13. The third-order valence-corrected chi connectivity index (χ3v) is 8.09. The van der Waals surface area contributed by atoms with Crippen LogP contribution in [0.3, 0.4) is 0 Å². The standard InChI is InChI=1S/C43H43NO2/c1-32(2)43(45)46-30-10-6-7-11-35-18-26-40(27-19-35)44(39-24-16-34(4)17-25-39)41-28-20-36(21-29-41)31-42(37-12-8-5-9-13-37)38-22-14-33(3)15-23-38/h5,8-9,12-29,31H,1,6-7,10-11,30H2,2-4H3/b42-31+. The Morgan fingerprint density at radius 1 is 0.652 bits per heavy atom. The monoisotopic (exact) mass is 605 g/mol. The molecule has 0 spiro atoms. The van der Waals surface area contributed by atoms with Crippen LogP contribution in [0.15, 0.2) is 140 Å². The van der Waals surface area contributed by atoms with E-state index < -0.39 is 0 Å². The number of carbonyl (C=O) groups is 1. The van der Waals surface area contributed by atoms with E-state index in [4.69, 9.17) is 4.74 Å². The zero-order chi connectivity index (χ0) is 32.3. The van der Waals surface area contributed by atoms with Crippen molar-refractivity contribution in [2.45, 2.75) is 46.5 Å². The van der Waals surface area contributed by atoms with Crippen molar-refractivity contribution in [1.82, 2.24) is 0 Å². The van der Waals surface area contributed by atoms with Crippen molar-refractivity contribution >= 4 is 34.7 Å². The summed E-state index contributed by atoms with van der Waals surface area (Å²) in [7, 11) is 0. The Hall–Kier alpha value is -5.15. The number of anilines is 3. The van der Waals surface area contributed by atoms with Crippen molar-refractivity contribution in [3.8, 4) is 0 Å². The van der Waals surface area contributed by atoms with Crippen molar-refractivity contribution < 1.29 is 9.53 Å². The predicted molar refractivity (Wildman–Crippen MR) is 194 cm³/mol. The Morgan fingerprint density at radius 2 is 1.17 bits per heavy atom. The third kappa shape index (κ3) is 8.73. The Bertz CT molecular complexity index is 1750. The first-order valence-corrected chi connectivity index (χ1v) is 16.1. The molecule has 0 aromatic heterocycles. The van der Waals surface area contributed by atoms with Crippen LogP contribution >= 0.6 is 0 Å². The van der Waals surface area contributed by atoms with Gasteiger partial charge in [-0.3, -0.25) is 0 Å². The van der Waals surface area contributed by atoms with Gasteiger partial charge in [-0.2, -0.15) is 0 Å². The number of carbonyl (C=O) groups excluding carboxylic acids is 1. The summed E-state index contributed by atoms with van der Waals surface area (Å²) in [6.07, 6.45) is 6.19. The molecule has 0 aliphatic rings. The number of ether oxygens (including phenoxy) is 1. The lowest BCUT2D eigenvalue weighted by Crippen LogP contribution is -2.10. The molecule has 0 unspecified atom stereocenters. The summed E-state index contributed by atoms with van der Waals surface area (Å²) >= 11 is 0. The molecule has 0 heterocycles. The molecule has 0 amide bonds. The fourth-order valence-corrected chi connectivity index (χ4v) is 5.42. The Balaban J connectivity index is 1.35. The number of aryl methyl sites for hydroxylation is 3. The second kappa shape index (κ2) is 15.7. The predicted octanol–water partition coefficient (Wildman–Crippen LogP) is 11.2. The first-order chi connectivity index (χ1) is 22.4. The van der Waals surface area contributed by atoms with E-state index in [0.29, 0.717) is 12.2 Å². The second-order valence-corrected chi connectivity index (χ2v) is 11.9. The van der Waals surface area contributed by atoms with Crippen LogP contribution in [0, 0.1) is 13.8 Å². The summed E-state index contributed by atoms with van der Waals surface area (Å²) in [6, 6.07) is 45.7. The molecule has 5 rings (SSSR count). The van der Waals surface area contributed by atoms with E-state index in [1.807, 2.05) is 0 Å². The zero-order valence-electron chi connectivity index (χ0n) is 27.2. The fourth-order valence-electron chi connectivity index (χ4n) is 5.42. The van der Waals surface area contributed by atoms with Gasteiger partial charge in [0.2, 0.25) is 0 Å². The molecule has 0 saturated heterocycles. The lowest BCUT2D eigenvalue weighted by Gasteiger charge is -2.26. The second-order valence-electron chi connectivity index (χ2n) is 11.9. The molecule has 3 heteroatoms. The molecule has 0 aliphatic heterocycles. The highest BCUT2D eigenvalue weighted by atomic mass is 16.5. The van der Waals surface area contributed by atoms with E-state index in [1.54, 1.807) is 6.92 Å². The molecule has 0 atom stereocenters. The number of unbranched alkanes of at least 4 members (excludes halogenated alkanes) is 2. The molecular weight excluding hydrogens is 562 g/mol. The highest BCUT2D eigenvalue weighted by Crippen LogP contribution is 2.35. The number of hydrogen-bond donors (Lipinski definition) is 0. The van der Waals surface area contributed by atoms with E-state index in [-0.39, 0.29) is 5.97 Å². The van der Waals surface area contributed by atoms with Gasteiger partial charge in [0.25, 0.3) is 0 Å². The van der Waals surface area contributed by atoms with Gasteiger partial charge in [0.1, 0.15) is 0 Å². The summed E-state index contributed by atoms with van der Waals surface area (Å²) in [6.45, 7) is 9.99. The van der Waals surface area contributed by atoms with E-state index in [0.717, 1.165) is 48.3 Å². The van der Waals surface area contributed by atoms with Crippen LogP contribution in [0.1, 0.15) is 59.6 Å². The normalized spacial score (nSPS) is 11.2. The molecule has 5 aromatic rings. The van der Waals surface area contributed by atoms with Gasteiger partial charge < -0.3 is 9.64 Å². The van der Waals surface area contributed by atoms with Gasteiger partial charge in [-0.1, -0.05) is 109 Å².